The van der Waals surface area contributed by atoms with Gasteiger partial charge in [-0.05, 0) is 43.4 Å². The van der Waals surface area contributed by atoms with Gasteiger partial charge in [0, 0.05) is 45.8 Å². The van der Waals surface area contributed by atoms with Gasteiger partial charge >= 0.3 is 0 Å². The molecule has 1 aliphatic rings. The molecule has 3 rings (SSSR count). The van der Waals surface area contributed by atoms with Gasteiger partial charge < -0.3 is 9.88 Å². The maximum absolute atomic E-state index is 12.2. The second-order valence-corrected chi connectivity index (χ2v) is 10.2. The fourth-order valence-corrected chi connectivity index (χ4v) is 4.84. The quantitative estimate of drug-likeness (QED) is 0.612. The first-order valence-corrected chi connectivity index (χ1v) is 12.3. The minimum absolute atomic E-state index is 0.0248. The first kappa shape index (κ1) is 23.4. The molecule has 1 aliphatic heterocycles. The molecule has 2 N–H and O–H groups in total. The Kier molecular flexibility index (Phi) is 7.85. The average Bonchev–Trinajstić information content (AvgIpc) is 3.07. The summed E-state index contributed by atoms with van der Waals surface area (Å²) < 4.78 is 28.5. The van der Waals surface area contributed by atoms with E-state index in [2.05, 4.69) is 39.0 Å². The van der Waals surface area contributed by atoms with Crippen LogP contribution in [0.3, 0.4) is 0 Å². The SMILES string of the molecule is Cc1nc(S(=O)(=O)NCCC(=O)NCc2ccc(CN3CCCC(C)C3)cc2)cn1C. The highest BCUT2D eigenvalue weighted by molar-refractivity contribution is 7.89. The number of benzene rings is 1. The summed E-state index contributed by atoms with van der Waals surface area (Å²) in [5, 5.41) is 2.81. The number of nitrogens with one attached hydrogen (secondary N) is 2. The lowest BCUT2D eigenvalue weighted by Gasteiger charge is -2.30. The van der Waals surface area contributed by atoms with Gasteiger partial charge in [-0.15, -0.1) is 0 Å². The third-order valence-electron chi connectivity index (χ3n) is 5.67. The molecule has 170 valence electrons. The summed E-state index contributed by atoms with van der Waals surface area (Å²) >= 11 is 0. The molecule has 1 aromatic heterocycles. The van der Waals surface area contributed by atoms with Crippen LogP contribution in [-0.4, -0.2) is 48.4 Å². The molecule has 31 heavy (non-hydrogen) atoms. The zero-order valence-corrected chi connectivity index (χ0v) is 19.4. The average molecular weight is 448 g/mol. The Morgan fingerprint density at radius 1 is 1.23 bits per heavy atom. The summed E-state index contributed by atoms with van der Waals surface area (Å²) in [4.78, 5) is 18.6. The van der Waals surface area contributed by atoms with Crippen LogP contribution < -0.4 is 10.0 Å². The Bertz CT molecular complexity index is 966. The molecule has 2 heterocycles. The van der Waals surface area contributed by atoms with Gasteiger partial charge in [-0.25, -0.2) is 18.1 Å². The van der Waals surface area contributed by atoms with E-state index in [1.807, 2.05) is 12.1 Å². The van der Waals surface area contributed by atoms with Crippen molar-refractivity contribution in [1.29, 1.82) is 0 Å². The Morgan fingerprint density at radius 2 is 1.94 bits per heavy atom. The van der Waals surface area contributed by atoms with Crippen LogP contribution in [0.2, 0.25) is 0 Å². The Hall–Kier alpha value is -2.23. The summed E-state index contributed by atoms with van der Waals surface area (Å²) in [6, 6.07) is 8.30. The van der Waals surface area contributed by atoms with Gasteiger partial charge in [0.2, 0.25) is 5.91 Å². The molecular weight excluding hydrogens is 414 g/mol. The summed E-state index contributed by atoms with van der Waals surface area (Å²) in [5.74, 6) is 1.17. The van der Waals surface area contributed by atoms with E-state index in [9.17, 15) is 13.2 Å². The first-order chi connectivity index (χ1) is 14.7. The van der Waals surface area contributed by atoms with E-state index in [-0.39, 0.29) is 23.9 Å². The van der Waals surface area contributed by atoms with Crippen LogP contribution in [0.5, 0.6) is 0 Å². The van der Waals surface area contributed by atoms with Crippen LogP contribution in [0.4, 0.5) is 0 Å². The maximum Gasteiger partial charge on any atom is 0.259 e. The zero-order chi connectivity index (χ0) is 22.4. The van der Waals surface area contributed by atoms with Crippen LogP contribution in [-0.2, 0) is 35.0 Å². The summed E-state index contributed by atoms with van der Waals surface area (Å²) in [7, 11) is -1.98. The number of nitrogens with zero attached hydrogens (tertiary/aromatic N) is 3. The van der Waals surface area contributed by atoms with Crippen LogP contribution in [0.15, 0.2) is 35.5 Å². The van der Waals surface area contributed by atoms with Gasteiger partial charge in [0.25, 0.3) is 10.0 Å². The lowest BCUT2D eigenvalue weighted by atomic mass is 9.99. The number of carbonyl (C=O) groups excluding carboxylic acids is 1. The molecular formula is C22H33N5O3S. The van der Waals surface area contributed by atoms with Gasteiger partial charge in [0.05, 0.1) is 0 Å². The van der Waals surface area contributed by atoms with Crippen molar-refractivity contribution in [2.24, 2.45) is 13.0 Å². The van der Waals surface area contributed by atoms with Gasteiger partial charge in [-0.3, -0.25) is 9.69 Å². The second-order valence-electron chi connectivity index (χ2n) is 8.46. The first-order valence-electron chi connectivity index (χ1n) is 10.8. The minimum Gasteiger partial charge on any atom is -0.352 e. The zero-order valence-electron chi connectivity index (χ0n) is 18.6. The molecule has 9 heteroatoms. The number of sulfonamides is 1. The number of rotatable bonds is 9. The number of carbonyl (C=O) groups is 1. The van der Waals surface area contributed by atoms with Gasteiger partial charge in [-0.2, -0.15) is 0 Å². The highest BCUT2D eigenvalue weighted by Gasteiger charge is 2.18. The van der Waals surface area contributed by atoms with Crippen LogP contribution in [0, 0.1) is 12.8 Å². The van der Waals surface area contributed by atoms with Crippen molar-refractivity contribution < 1.29 is 13.2 Å². The van der Waals surface area contributed by atoms with E-state index in [4.69, 9.17) is 0 Å². The molecule has 1 saturated heterocycles. The number of likely N-dealkylation sites (tertiary alicyclic amines) is 1. The molecule has 1 fully saturated rings. The predicted molar refractivity (Wildman–Crippen MR) is 120 cm³/mol. The third kappa shape index (κ3) is 6.88. The van der Waals surface area contributed by atoms with Crippen molar-refractivity contribution in [2.45, 2.75) is 51.2 Å². The van der Waals surface area contributed by atoms with E-state index in [0.717, 1.165) is 31.1 Å². The number of hydrogen-bond acceptors (Lipinski definition) is 5. The number of aromatic nitrogens is 2. The number of amides is 1. The molecule has 1 aromatic carbocycles. The molecule has 0 radical (unpaired) electrons. The maximum atomic E-state index is 12.2. The summed E-state index contributed by atoms with van der Waals surface area (Å²) in [5.41, 5.74) is 2.30. The van der Waals surface area contributed by atoms with Crippen LogP contribution in [0.25, 0.3) is 0 Å². The van der Waals surface area contributed by atoms with Gasteiger partial charge in [-0.1, -0.05) is 31.2 Å². The molecule has 0 bridgehead atoms. The molecule has 2 aromatic rings. The molecule has 0 aliphatic carbocycles. The number of imidazole rings is 1. The van der Waals surface area contributed by atoms with Crippen molar-refractivity contribution >= 4 is 15.9 Å². The lowest BCUT2D eigenvalue weighted by Crippen LogP contribution is -2.33. The summed E-state index contributed by atoms with van der Waals surface area (Å²) in [6.45, 7) is 7.76. The fraction of sp³-hybridized carbons (Fsp3) is 0.545. The van der Waals surface area contributed by atoms with Crippen molar-refractivity contribution in [3.63, 3.8) is 0 Å². The van der Waals surface area contributed by atoms with Gasteiger partial charge in [0.1, 0.15) is 5.82 Å². The third-order valence-corrected chi connectivity index (χ3v) is 7.00. The molecule has 8 nitrogen and oxygen atoms in total. The van der Waals surface area contributed by atoms with Crippen LogP contribution >= 0.6 is 0 Å². The monoisotopic (exact) mass is 447 g/mol. The molecule has 0 saturated carbocycles. The standard InChI is InChI=1S/C22H33N5O3S/c1-17-5-4-12-27(14-17)15-20-8-6-19(7-9-20)13-23-21(28)10-11-24-31(29,30)22-16-26(3)18(2)25-22/h6-9,16-17,24H,4-5,10-15H2,1-3H3,(H,23,28). The van der Waals surface area contributed by atoms with E-state index >= 15 is 0 Å². The van der Waals surface area contributed by atoms with Crippen molar-refractivity contribution in [1.82, 2.24) is 24.5 Å². The van der Waals surface area contributed by atoms with Crippen molar-refractivity contribution in [2.75, 3.05) is 19.6 Å². The van der Waals surface area contributed by atoms with E-state index in [1.165, 1.54) is 24.6 Å². The van der Waals surface area contributed by atoms with Crippen LogP contribution in [0.1, 0.15) is 43.1 Å². The van der Waals surface area contributed by atoms with Crippen molar-refractivity contribution in [3.8, 4) is 0 Å². The highest BCUT2D eigenvalue weighted by Crippen LogP contribution is 2.18. The topological polar surface area (TPSA) is 96.3 Å². The van der Waals surface area contributed by atoms with E-state index in [1.54, 1.807) is 18.5 Å². The Labute approximate surface area is 185 Å². The Morgan fingerprint density at radius 3 is 2.58 bits per heavy atom. The van der Waals surface area contributed by atoms with E-state index < -0.39 is 10.0 Å². The minimum atomic E-state index is -3.71. The van der Waals surface area contributed by atoms with Gasteiger partial charge in [0.15, 0.2) is 5.03 Å². The second kappa shape index (κ2) is 10.4. The fourth-order valence-electron chi connectivity index (χ4n) is 3.77. The van der Waals surface area contributed by atoms with E-state index in [0.29, 0.717) is 12.4 Å². The molecule has 1 unspecified atom stereocenters. The largest absolute Gasteiger partial charge is 0.352 e. The normalized spacial score (nSPS) is 17.6. The number of piperidine rings is 1. The highest BCUT2D eigenvalue weighted by atomic mass is 32.2. The Balaban J connectivity index is 1.39. The summed E-state index contributed by atoms with van der Waals surface area (Å²) in [6.07, 6.45) is 4.10. The predicted octanol–water partition coefficient (Wildman–Crippen LogP) is 1.95. The molecule has 1 amide bonds. The molecule has 1 atom stereocenters. The number of hydrogen-bond donors (Lipinski definition) is 2. The lowest BCUT2D eigenvalue weighted by molar-refractivity contribution is -0.121. The molecule has 0 spiro atoms. The van der Waals surface area contributed by atoms with Crippen molar-refractivity contribution in [3.05, 3.63) is 47.4 Å². The number of aryl methyl sites for hydroxylation is 2. The smallest absolute Gasteiger partial charge is 0.259 e.